The van der Waals surface area contributed by atoms with Crippen LogP contribution < -0.4 is 0 Å². The van der Waals surface area contributed by atoms with E-state index in [-0.39, 0.29) is 24.0 Å². The van der Waals surface area contributed by atoms with Crippen molar-refractivity contribution in [1.29, 1.82) is 0 Å². The van der Waals surface area contributed by atoms with Crippen LogP contribution >= 0.6 is 0 Å². The Bertz CT molecular complexity index is 1830. The molecule has 0 aromatic carbocycles. The number of unbranched alkanes of at least 4 members (excludes halogenated alkanes) is 1. The van der Waals surface area contributed by atoms with Gasteiger partial charge in [-0.25, -0.2) is 9.78 Å². The summed E-state index contributed by atoms with van der Waals surface area (Å²) in [7, 11) is 0. The molecule has 0 amide bonds. The number of carboxylic acid groups (broad SMARTS) is 1. The standard InChI is InChI=1S/C36H44N4O5/c1-8-10-12-44-17-26-21(5)27-14-29-20(4)25(11-13-45-18-41)34(39-29)23(7)35-33(36(42)43)22(6)30(40-35)16-31-24(9-2)19(3)28(37-31)15-32(26)38-27/h14-16,18,20,25,38,40H,8-13,17H2,1-7H3,(H,42,43)/t20-,25-/m0/s1. The fraction of sp³-hybridized carbons (Fsp3) is 0.444. The number of hydrogen-bond acceptors (Lipinski definition) is 6. The average Bonchev–Trinajstić information content (AvgIpc) is 3.69. The van der Waals surface area contributed by atoms with Crippen molar-refractivity contribution in [3.63, 3.8) is 0 Å². The number of nitrogens with zero attached hydrogens (tertiary/aromatic N) is 2. The number of H-pyrrole nitrogens is 2. The number of aromatic amines is 2. The van der Waals surface area contributed by atoms with Crippen LogP contribution in [0.2, 0.25) is 0 Å². The Morgan fingerprint density at radius 2 is 1.69 bits per heavy atom. The largest absolute Gasteiger partial charge is 0.478 e. The van der Waals surface area contributed by atoms with Crippen LogP contribution in [0.1, 0.15) is 121 Å². The van der Waals surface area contributed by atoms with E-state index in [1.54, 1.807) is 0 Å². The van der Waals surface area contributed by atoms with Crippen molar-refractivity contribution >= 4 is 45.7 Å². The second-order valence-electron chi connectivity index (χ2n) is 12.2. The van der Waals surface area contributed by atoms with Crippen molar-refractivity contribution in [3.05, 3.63) is 68.8 Å². The third kappa shape index (κ3) is 6.06. The van der Waals surface area contributed by atoms with Crippen molar-refractivity contribution in [1.82, 2.24) is 19.9 Å². The van der Waals surface area contributed by atoms with Gasteiger partial charge in [-0.05, 0) is 93.0 Å². The highest BCUT2D eigenvalue weighted by atomic mass is 16.5. The molecule has 3 aromatic heterocycles. The second kappa shape index (κ2) is 13.4. The molecule has 2 aliphatic rings. The summed E-state index contributed by atoms with van der Waals surface area (Å²) in [6, 6.07) is 6.16. The number of aromatic nitrogens is 4. The lowest BCUT2D eigenvalue weighted by Gasteiger charge is -2.16. The van der Waals surface area contributed by atoms with E-state index in [0.29, 0.717) is 42.7 Å². The molecule has 0 fully saturated rings. The Kier molecular flexibility index (Phi) is 9.58. The van der Waals surface area contributed by atoms with Crippen LogP contribution in [0.25, 0.3) is 33.2 Å². The van der Waals surface area contributed by atoms with Crippen LogP contribution in [0.3, 0.4) is 0 Å². The number of hydrogen-bond donors (Lipinski definition) is 3. The van der Waals surface area contributed by atoms with Crippen LogP contribution in [0.5, 0.6) is 0 Å². The Labute approximate surface area is 264 Å². The van der Waals surface area contributed by atoms with Gasteiger partial charge in [0.05, 0.1) is 35.7 Å². The van der Waals surface area contributed by atoms with Gasteiger partial charge in [-0.3, -0.25) is 9.78 Å². The Balaban J connectivity index is 1.90. The molecule has 0 unspecified atom stereocenters. The summed E-state index contributed by atoms with van der Waals surface area (Å²) < 4.78 is 11.2. The van der Waals surface area contributed by atoms with Crippen molar-refractivity contribution in [2.45, 2.75) is 92.6 Å². The molecule has 45 heavy (non-hydrogen) atoms. The van der Waals surface area contributed by atoms with Crippen LogP contribution in [-0.4, -0.2) is 50.7 Å². The van der Waals surface area contributed by atoms with E-state index in [2.05, 4.69) is 56.7 Å². The number of carbonyl (C=O) groups excluding carboxylic acids is 1. The molecule has 3 aromatic rings. The number of ether oxygens (including phenoxy) is 2. The molecule has 0 saturated heterocycles. The zero-order valence-electron chi connectivity index (χ0n) is 27.4. The lowest BCUT2D eigenvalue weighted by Crippen LogP contribution is -2.08. The van der Waals surface area contributed by atoms with Gasteiger partial charge in [0.1, 0.15) is 0 Å². The molecule has 0 aliphatic carbocycles. The van der Waals surface area contributed by atoms with Gasteiger partial charge in [-0.2, -0.15) is 0 Å². The predicted octanol–water partition coefficient (Wildman–Crippen LogP) is 8.05. The molecule has 0 radical (unpaired) electrons. The SMILES string of the molecule is CCCCOCc1c(C)c2cc3nc(c(C)c4[nH]c(cc5nc(cc1[nH]2)C(C)=C5CC)c(C)c4C(=O)O)[C@@H](CCOC=O)[C@@H]3C. The van der Waals surface area contributed by atoms with Gasteiger partial charge in [0, 0.05) is 51.9 Å². The smallest absolute Gasteiger partial charge is 0.338 e. The van der Waals surface area contributed by atoms with E-state index in [9.17, 15) is 14.7 Å². The molecule has 3 N–H and O–H groups in total. The number of rotatable bonds is 11. The highest BCUT2D eigenvalue weighted by Gasteiger charge is 2.31. The summed E-state index contributed by atoms with van der Waals surface area (Å²) in [5, 5.41) is 10.3. The highest BCUT2D eigenvalue weighted by molar-refractivity contribution is 6.02. The first-order valence-electron chi connectivity index (χ1n) is 15.9. The molecule has 0 saturated carbocycles. The summed E-state index contributed by atoms with van der Waals surface area (Å²) in [6.07, 6.45) is 3.43. The third-order valence-electron chi connectivity index (χ3n) is 9.48. The van der Waals surface area contributed by atoms with E-state index < -0.39 is 5.97 Å². The highest BCUT2D eigenvalue weighted by Crippen LogP contribution is 2.42. The fourth-order valence-corrected chi connectivity index (χ4v) is 6.66. The molecule has 2 aliphatic heterocycles. The third-order valence-corrected chi connectivity index (χ3v) is 9.48. The van der Waals surface area contributed by atoms with Gasteiger partial charge in [-0.1, -0.05) is 27.2 Å². The first-order chi connectivity index (χ1) is 21.6. The maximum absolute atomic E-state index is 12.6. The second-order valence-corrected chi connectivity index (χ2v) is 12.2. The van der Waals surface area contributed by atoms with E-state index in [0.717, 1.165) is 80.9 Å². The minimum Gasteiger partial charge on any atom is -0.478 e. The van der Waals surface area contributed by atoms with Gasteiger partial charge in [0.2, 0.25) is 0 Å². The summed E-state index contributed by atoms with van der Waals surface area (Å²) in [5.74, 6) is -1.07. The van der Waals surface area contributed by atoms with Gasteiger partial charge in [0.25, 0.3) is 6.47 Å². The maximum atomic E-state index is 12.6. The van der Waals surface area contributed by atoms with Crippen molar-refractivity contribution < 1.29 is 24.2 Å². The topological polar surface area (TPSA) is 130 Å². The van der Waals surface area contributed by atoms with Crippen molar-refractivity contribution in [3.8, 4) is 0 Å². The molecule has 8 bridgehead atoms. The summed E-state index contributed by atoms with van der Waals surface area (Å²) >= 11 is 0. The minimum atomic E-state index is -1.00. The van der Waals surface area contributed by atoms with E-state index >= 15 is 0 Å². The molecule has 0 spiro atoms. The van der Waals surface area contributed by atoms with Gasteiger partial charge in [-0.15, -0.1) is 0 Å². The number of aryl methyl sites for hydroxylation is 3. The number of allylic oxidation sites excluding steroid dienone is 2. The summed E-state index contributed by atoms with van der Waals surface area (Å²) in [5.41, 5.74) is 12.6. The van der Waals surface area contributed by atoms with E-state index in [4.69, 9.17) is 19.4 Å². The van der Waals surface area contributed by atoms with Crippen LogP contribution in [-0.2, 0) is 20.9 Å². The molecule has 9 heteroatoms. The quantitative estimate of drug-likeness (QED) is 0.148. The summed E-state index contributed by atoms with van der Waals surface area (Å²) in [4.78, 5) is 40.9. The molecule has 5 rings (SSSR count). The minimum absolute atomic E-state index is 0.00359. The molecule has 9 nitrogen and oxygen atoms in total. The van der Waals surface area contributed by atoms with Gasteiger partial charge in [0.15, 0.2) is 0 Å². The number of nitrogens with one attached hydrogen (secondary N) is 2. The van der Waals surface area contributed by atoms with E-state index in [1.165, 1.54) is 0 Å². The normalized spacial score (nSPS) is 16.3. The van der Waals surface area contributed by atoms with Crippen molar-refractivity contribution in [2.24, 2.45) is 0 Å². The summed E-state index contributed by atoms with van der Waals surface area (Å²) in [6.45, 7) is 16.2. The number of carbonyl (C=O) groups is 2. The van der Waals surface area contributed by atoms with Crippen LogP contribution in [0, 0.1) is 20.8 Å². The lowest BCUT2D eigenvalue weighted by molar-refractivity contribution is -0.128. The Hall–Kier alpha value is -4.24. The van der Waals surface area contributed by atoms with Crippen molar-refractivity contribution in [2.75, 3.05) is 13.2 Å². The zero-order valence-corrected chi connectivity index (χ0v) is 27.4. The van der Waals surface area contributed by atoms with Gasteiger partial charge < -0.3 is 24.5 Å². The maximum Gasteiger partial charge on any atom is 0.338 e. The van der Waals surface area contributed by atoms with E-state index in [1.807, 2.05) is 19.9 Å². The lowest BCUT2D eigenvalue weighted by atomic mass is 9.87. The Morgan fingerprint density at radius 3 is 2.38 bits per heavy atom. The molecule has 2 atom stereocenters. The number of fused-ring (bicyclic) bond motifs is 8. The Morgan fingerprint density at radius 1 is 0.956 bits per heavy atom. The fourth-order valence-electron chi connectivity index (χ4n) is 6.66. The first-order valence-corrected chi connectivity index (χ1v) is 15.9. The predicted molar refractivity (Wildman–Crippen MR) is 177 cm³/mol. The number of aromatic carboxylic acids is 1. The number of carboxylic acids is 1. The zero-order chi connectivity index (χ0) is 32.4. The molecular formula is C36H44N4O5. The molecular weight excluding hydrogens is 568 g/mol. The average molecular weight is 613 g/mol. The van der Waals surface area contributed by atoms with Crippen LogP contribution in [0.4, 0.5) is 0 Å². The monoisotopic (exact) mass is 612 g/mol. The first kappa shape index (κ1) is 32.2. The van der Waals surface area contributed by atoms with Gasteiger partial charge >= 0.3 is 5.97 Å². The molecule has 238 valence electrons. The molecule has 5 heterocycles. The van der Waals surface area contributed by atoms with Crippen LogP contribution in [0.15, 0.2) is 18.2 Å².